The lowest BCUT2D eigenvalue weighted by molar-refractivity contribution is -0.361. The highest BCUT2D eigenvalue weighted by molar-refractivity contribution is 5.38. The van der Waals surface area contributed by atoms with E-state index in [-0.39, 0.29) is 17.4 Å². The number of aliphatic hydroxyl groups is 1. The summed E-state index contributed by atoms with van der Waals surface area (Å²) in [7, 11) is 0. The van der Waals surface area contributed by atoms with E-state index in [1.54, 1.807) is 13.8 Å². The molecule has 25 heavy (non-hydrogen) atoms. The number of para-hydroxylation sites is 1. The summed E-state index contributed by atoms with van der Waals surface area (Å²) in [5.74, 6) is -11.9. The van der Waals surface area contributed by atoms with Crippen molar-refractivity contribution < 1.29 is 40.6 Å². The summed E-state index contributed by atoms with van der Waals surface area (Å²) in [5, 5.41) is 10.3. The zero-order valence-electron chi connectivity index (χ0n) is 13.8. The molecule has 1 rings (SSSR count). The normalized spacial score (nSPS) is 17.1. The summed E-state index contributed by atoms with van der Waals surface area (Å²) in [6.07, 6.45) is -8.43. The minimum Gasteiger partial charge on any atom is -0.490 e. The van der Waals surface area contributed by atoms with Crippen LogP contribution >= 0.6 is 0 Å². The molecule has 1 aromatic rings. The molecule has 2 nitrogen and oxygen atoms in total. The van der Waals surface area contributed by atoms with Crippen LogP contribution in [0.4, 0.5) is 30.7 Å². The molecule has 2 unspecified atom stereocenters. The third-order valence-corrected chi connectivity index (χ3v) is 3.75. The van der Waals surface area contributed by atoms with E-state index in [1.807, 2.05) is 0 Å². The van der Waals surface area contributed by atoms with E-state index < -0.39 is 30.0 Å². The van der Waals surface area contributed by atoms with Gasteiger partial charge in [0.05, 0.1) is 18.1 Å². The van der Waals surface area contributed by atoms with Gasteiger partial charge in [-0.2, -0.15) is 30.7 Å². The van der Waals surface area contributed by atoms with Gasteiger partial charge < -0.3 is 9.84 Å². The largest absolute Gasteiger partial charge is 0.490 e. The van der Waals surface area contributed by atoms with Crippen molar-refractivity contribution in [1.82, 2.24) is 0 Å². The summed E-state index contributed by atoms with van der Waals surface area (Å²) >= 11 is 0. The van der Waals surface area contributed by atoms with Crippen LogP contribution in [0.1, 0.15) is 39.2 Å². The number of hydrogen-bond donors (Lipinski definition) is 1. The first-order chi connectivity index (χ1) is 11.2. The molecule has 1 aromatic carbocycles. The molecule has 0 saturated heterocycles. The quantitative estimate of drug-likeness (QED) is 0.655. The van der Waals surface area contributed by atoms with Gasteiger partial charge >= 0.3 is 18.0 Å². The lowest BCUT2D eigenvalue weighted by atomic mass is 9.87. The summed E-state index contributed by atoms with van der Waals surface area (Å²) in [4.78, 5) is 0. The molecule has 0 bridgehead atoms. The van der Waals surface area contributed by atoms with Crippen molar-refractivity contribution in [3.8, 4) is 5.75 Å². The van der Waals surface area contributed by atoms with E-state index in [0.29, 0.717) is 6.42 Å². The van der Waals surface area contributed by atoms with E-state index >= 15 is 0 Å². The standard InChI is InChI=1S/C16H19F7O2/c1-4-10(2)25-12-8-6-5-7-11(12)13(3,24)9-14(17,18)15(19,20)16(21,22)23/h5-8,10,24H,4,9H2,1-3H3. The zero-order chi connectivity index (χ0) is 19.7. The highest BCUT2D eigenvalue weighted by atomic mass is 19.4. The molecule has 0 saturated carbocycles. The van der Waals surface area contributed by atoms with Crippen LogP contribution in [-0.4, -0.2) is 29.2 Å². The molecule has 144 valence electrons. The fraction of sp³-hybridized carbons (Fsp3) is 0.625. The van der Waals surface area contributed by atoms with Crippen LogP contribution in [0.25, 0.3) is 0 Å². The third-order valence-electron chi connectivity index (χ3n) is 3.75. The number of alkyl halides is 7. The van der Waals surface area contributed by atoms with Crippen molar-refractivity contribution in [2.45, 2.75) is 63.3 Å². The van der Waals surface area contributed by atoms with Crippen molar-refractivity contribution in [3.63, 3.8) is 0 Å². The van der Waals surface area contributed by atoms with E-state index in [1.165, 1.54) is 18.2 Å². The van der Waals surface area contributed by atoms with Gasteiger partial charge in [0.25, 0.3) is 0 Å². The second kappa shape index (κ2) is 7.01. The third kappa shape index (κ3) is 4.56. The Hall–Kier alpha value is -1.51. The molecule has 0 amide bonds. The second-order valence-electron chi connectivity index (χ2n) is 6.06. The van der Waals surface area contributed by atoms with Crippen LogP contribution in [0, 0.1) is 0 Å². The predicted octanol–water partition coefficient (Wildman–Crippen LogP) is 5.29. The molecule has 0 heterocycles. The Balaban J connectivity index is 3.22. The number of benzene rings is 1. The second-order valence-corrected chi connectivity index (χ2v) is 6.06. The molecule has 0 aliphatic rings. The topological polar surface area (TPSA) is 29.5 Å². The monoisotopic (exact) mass is 376 g/mol. The van der Waals surface area contributed by atoms with Crippen LogP contribution in [-0.2, 0) is 5.60 Å². The molecule has 0 radical (unpaired) electrons. The van der Waals surface area contributed by atoms with Crippen molar-refractivity contribution in [1.29, 1.82) is 0 Å². The molecule has 0 aliphatic heterocycles. The molecule has 0 spiro atoms. The molecule has 0 fully saturated rings. The molecular weight excluding hydrogens is 357 g/mol. The summed E-state index contributed by atoms with van der Waals surface area (Å²) < 4.78 is 95.8. The van der Waals surface area contributed by atoms with E-state index in [9.17, 15) is 35.8 Å². The van der Waals surface area contributed by atoms with Gasteiger partial charge in [-0.1, -0.05) is 25.1 Å². The lowest BCUT2D eigenvalue weighted by Crippen LogP contribution is -2.54. The van der Waals surface area contributed by atoms with Gasteiger partial charge in [-0.25, -0.2) is 0 Å². The van der Waals surface area contributed by atoms with E-state index in [2.05, 4.69) is 0 Å². The summed E-state index contributed by atoms with van der Waals surface area (Å²) in [5.41, 5.74) is -2.98. The summed E-state index contributed by atoms with van der Waals surface area (Å²) in [6, 6.07) is 5.24. The Morgan fingerprint density at radius 2 is 1.56 bits per heavy atom. The number of hydrogen-bond acceptors (Lipinski definition) is 2. The van der Waals surface area contributed by atoms with Gasteiger partial charge in [0.1, 0.15) is 5.75 Å². The number of halogens is 7. The maximum absolute atomic E-state index is 13.7. The average molecular weight is 376 g/mol. The van der Waals surface area contributed by atoms with Gasteiger partial charge in [-0.15, -0.1) is 0 Å². The van der Waals surface area contributed by atoms with Crippen molar-refractivity contribution >= 4 is 0 Å². The summed E-state index contributed by atoms with van der Waals surface area (Å²) in [6.45, 7) is 4.16. The SMILES string of the molecule is CCC(C)Oc1ccccc1C(C)(O)CC(F)(F)C(F)(F)C(F)(F)F. The first kappa shape index (κ1) is 21.5. The Labute approximate surface area is 140 Å². The maximum atomic E-state index is 13.7. The van der Waals surface area contributed by atoms with Crippen LogP contribution in [0.5, 0.6) is 5.75 Å². The lowest BCUT2D eigenvalue weighted by Gasteiger charge is -2.34. The van der Waals surface area contributed by atoms with Gasteiger partial charge in [0.15, 0.2) is 0 Å². The first-order valence-electron chi connectivity index (χ1n) is 7.46. The molecular formula is C16H19F7O2. The fourth-order valence-corrected chi connectivity index (χ4v) is 2.16. The maximum Gasteiger partial charge on any atom is 0.459 e. The van der Waals surface area contributed by atoms with Crippen molar-refractivity contribution in [3.05, 3.63) is 29.8 Å². The minimum atomic E-state index is -6.45. The Morgan fingerprint density at radius 1 is 1.04 bits per heavy atom. The van der Waals surface area contributed by atoms with Gasteiger partial charge in [-0.05, 0) is 26.3 Å². The molecule has 0 aliphatic carbocycles. The van der Waals surface area contributed by atoms with Crippen LogP contribution in [0.2, 0.25) is 0 Å². The predicted molar refractivity (Wildman–Crippen MR) is 77.0 cm³/mol. The van der Waals surface area contributed by atoms with Gasteiger partial charge in [0, 0.05) is 5.56 Å². The highest BCUT2D eigenvalue weighted by Crippen LogP contribution is 2.51. The van der Waals surface area contributed by atoms with Crippen molar-refractivity contribution in [2.75, 3.05) is 0 Å². The average Bonchev–Trinajstić information content (AvgIpc) is 2.45. The Bertz CT molecular complexity index is 582. The Kier molecular flexibility index (Phi) is 6.04. The highest BCUT2D eigenvalue weighted by Gasteiger charge is 2.73. The van der Waals surface area contributed by atoms with Crippen molar-refractivity contribution in [2.24, 2.45) is 0 Å². The number of ether oxygens (including phenoxy) is 1. The van der Waals surface area contributed by atoms with Crippen LogP contribution in [0.3, 0.4) is 0 Å². The molecule has 9 heteroatoms. The van der Waals surface area contributed by atoms with Gasteiger partial charge in [0.2, 0.25) is 0 Å². The van der Waals surface area contributed by atoms with E-state index in [0.717, 1.165) is 13.0 Å². The number of rotatable bonds is 7. The van der Waals surface area contributed by atoms with E-state index in [4.69, 9.17) is 4.74 Å². The smallest absolute Gasteiger partial charge is 0.459 e. The van der Waals surface area contributed by atoms with Gasteiger partial charge in [-0.3, -0.25) is 0 Å². The first-order valence-corrected chi connectivity index (χ1v) is 7.46. The molecule has 0 aromatic heterocycles. The fourth-order valence-electron chi connectivity index (χ4n) is 2.16. The minimum absolute atomic E-state index is 0.0621. The zero-order valence-corrected chi connectivity index (χ0v) is 13.8. The Morgan fingerprint density at radius 3 is 2.04 bits per heavy atom. The van der Waals surface area contributed by atoms with Crippen LogP contribution in [0.15, 0.2) is 24.3 Å². The molecule has 1 N–H and O–H groups in total. The van der Waals surface area contributed by atoms with Crippen LogP contribution < -0.4 is 4.74 Å². The molecule has 2 atom stereocenters.